The van der Waals surface area contributed by atoms with Crippen LogP contribution in [-0.4, -0.2) is 59.4 Å². The SMILES string of the molecule is COc1ncc(N2CCC3(CCN(C(=O)O)CC3)C2)c(C(F)(F)F)n1. The van der Waals surface area contributed by atoms with Crippen LogP contribution >= 0.6 is 0 Å². The molecule has 1 N–H and O–H groups in total. The minimum Gasteiger partial charge on any atom is -0.467 e. The van der Waals surface area contributed by atoms with Gasteiger partial charge in [-0.3, -0.25) is 0 Å². The molecular formula is C15H19F3N4O3. The first-order valence-electron chi connectivity index (χ1n) is 7.95. The summed E-state index contributed by atoms with van der Waals surface area (Å²) in [6.07, 6.45) is -2.38. The molecule has 10 heteroatoms. The molecule has 138 valence electrons. The lowest BCUT2D eigenvalue weighted by Gasteiger charge is -2.38. The number of nitrogens with zero attached hydrogens (tertiary/aromatic N) is 4. The predicted molar refractivity (Wildman–Crippen MR) is 81.7 cm³/mol. The molecule has 1 aromatic rings. The zero-order valence-corrected chi connectivity index (χ0v) is 13.7. The number of hydrogen-bond donors (Lipinski definition) is 1. The molecule has 2 aliphatic heterocycles. The second kappa shape index (κ2) is 6.23. The Balaban J connectivity index is 1.80. The zero-order chi connectivity index (χ0) is 18.2. The topological polar surface area (TPSA) is 78.8 Å². The zero-order valence-electron chi connectivity index (χ0n) is 13.7. The van der Waals surface area contributed by atoms with Crippen molar-refractivity contribution >= 4 is 11.8 Å². The number of ether oxygens (including phenoxy) is 1. The van der Waals surface area contributed by atoms with E-state index in [1.165, 1.54) is 12.0 Å². The highest BCUT2D eigenvalue weighted by atomic mass is 19.4. The average molecular weight is 360 g/mol. The van der Waals surface area contributed by atoms with E-state index < -0.39 is 18.0 Å². The number of hydrogen-bond acceptors (Lipinski definition) is 5. The van der Waals surface area contributed by atoms with E-state index in [1.807, 2.05) is 0 Å². The lowest BCUT2D eigenvalue weighted by molar-refractivity contribution is -0.141. The fraction of sp³-hybridized carbons (Fsp3) is 0.667. The number of halogens is 3. The molecule has 2 fully saturated rings. The van der Waals surface area contributed by atoms with Crippen LogP contribution in [0.4, 0.5) is 23.7 Å². The number of alkyl halides is 3. The fourth-order valence-electron chi connectivity index (χ4n) is 3.62. The molecule has 7 nitrogen and oxygen atoms in total. The molecule has 1 spiro atoms. The molecular weight excluding hydrogens is 341 g/mol. The van der Waals surface area contributed by atoms with Crippen LogP contribution in [0.15, 0.2) is 6.20 Å². The van der Waals surface area contributed by atoms with Crippen molar-refractivity contribution in [2.45, 2.75) is 25.4 Å². The quantitative estimate of drug-likeness (QED) is 0.873. The van der Waals surface area contributed by atoms with Gasteiger partial charge in [-0.25, -0.2) is 9.78 Å². The maximum Gasteiger partial charge on any atom is 0.435 e. The van der Waals surface area contributed by atoms with E-state index in [0.717, 1.165) is 12.6 Å². The van der Waals surface area contributed by atoms with Crippen LogP contribution < -0.4 is 9.64 Å². The van der Waals surface area contributed by atoms with Crippen LogP contribution in [0.3, 0.4) is 0 Å². The molecule has 0 atom stereocenters. The number of rotatable bonds is 2. The summed E-state index contributed by atoms with van der Waals surface area (Å²) in [5, 5.41) is 9.04. The average Bonchev–Trinajstić information content (AvgIpc) is 2.97. The Hall–Kier alpha value is -2.26. The molecule has 0 bridgehead atoms. The number of likely N-dealkylation sites (tertiary alicyclic amines) is 1. The lowest BCUT2D eigenvalue weighted by atomic mass is 9.78. The Morgan fingerprint density at radius 2 is 1.92 bits per heavy atom. The highest BCUT2D eigenvalue weighted by Crippen LogP contribution is 2.44. The number of methoxy groups -OCH3 is 1. The highest BCUT2D eigenvalue weighted by molar-refractivity contribution is 5.65. The third kappa shape index (κ3) is 3.42. The first-order chi connectivity index (χ1) is 11.7. The maximum atomic E-state index is 13.3. The normalized spacial score (nSPS) is 20.2. The number of carboxylic acid groups (broad SMARTS) is 1. The largest absolute Gasteiger partial charge is 0.467 e. The first-order valence-corrected chi connectivity index (χ1v) is 7.95. The lowest BCUT2D eigenvalue weighted by Crippen LogP contribution is -2.43. The minimum atomic E-state index is -4.60. The van der Waals surface area contributed by atoms with Crippen molar-refractivity contribution in [1.29, 1.82) is 0 Å². The van der Waals surface area contributed by atoms with Crippen LogP contribution in [-0.2, 0) is 6.18 Å². The molecule has 1 amide bonds. The van der Waals surface area contributed by atoms with Crippen LogP contribution in [0.5, 0.6) is 6.01 Å². The Morgan fingerprint density at radius 3 is 2.48 bits per heavy atom. The predicted octanol–water partition coefficient (Wildman–Crippen LogP) is 2.47. The molecule has 0 unspecified atom stereocenters. The summed E-state index contributed by atoms with van der Waals surface area (Å²) in [6, 6.07) is -0.320. The van der Waals surface area contributed by atoms with Gasteiger partial charge in [0.05, 0.1) is 19.0 Å². The first kappa shape index (κ1) is 17.6. The smallest absolute Gasteiger partial charge is 0.435 e. The van der Waals surface area contributed by atoms with Crippen molar-refractivity contribution in [2.75, 3.05) is 38.2 Å². The summed E-state index contributed by atoms with van der Waals surface area (Å²) in [7, 11) is 1.22. The van der Waals surface area contributed by atoms with Gasteiger partial charge >= 0.3 is 18.3 Å². The van der Waals surface area contributed by atoms with Crippen LogP contribution in [0, 0.1) is 5.41 Å². The summed E-state index contributed by atoms with van der Waals surface area (Å²) in [5.74, 6) is 0. The molecule has 3 heterocycles. The Labute approximate surface area is 142 Å². The second-order valence-corrected chi connectivity index (χ2v) is 6.53. The Bertz CT molecular complexity index is 660. The van der Waals surface area contributed by atoms with Gasteiger partial charge in [0, 0.05) is 26.2 Å². The molecule has 0 aliphatic carbocycles. The highest BCUT2D eigenvalue weighted by Gasteiger charge is 2.44. The Morgan fingerprint density at radius 1 is 1.28 bits per heavy atom. The van der Waals surface area contributed by atoms with Gasteiger partial charge in [0.1, 0.15) is 0 Å². The van der Waals surface area contributed by atoms with Gasteiger partial charge in [-0.15, -0.1) is 0 Å². The fourth-order valence-corrected chi connectivity index (χ4v) is 3.62. The van der Waals surface area contributed by atoms with E-state index in [2.05, 4.69) is 9.97 Å². The van der Waals surface area contributed by atoms with Crippen LogP contribution in [0.2, 0.25) is 0 Å². The summed E-state index contributed by atoms with van der Waals surface area (Å²) in [5.41, 5.74) is -1.21. The molecule has 2 saturated heterocycles. The van der Waals surface area contributed by atoms with Gasteiger partial charge in [0.15, 0.2) is 5.69 Å². The number of carbonyl (C=O) groups is 1. The van der Waals surface area contributed by atoms with Crippen molar-refractivity contribution in [3.8, 4) is 6.01 Å². The number of piperidine rings is 1. The third-order valence-corrected chi connectivity index (χ3v) is 5.07. The van der Waals surface area contributed by atoms with Crippen LogP contribution in [0.25, 0.3) is 0 Å². The summed E-state index contributed by atoms with van der Waals surface area (Å²) in [6.45, 7) is 1.73. The molecule has 0 radical (unpaired) electrons. The van der Waals surface area contributed by atoms with E-state index >= 15 is 0 Å². The van der Waals surface area contributed by atoms with Gasteiger partial charge in [-0.2, -0.15) is 18.2 Å². The second-order valence-electron chi connectivity index (χ2n) is 6.53. The number of anilines is 1. The van der Waals surface area contributed by atoms with Crippen molar-refractivity contribution < 1.29 is 27.8 Å². The molecule has 0 aromatic carbocycles. The van der Waals surface area contributed by atoms with Gasteiger partial charge in [0.2, 0.25) is 0 Å². The van der Waals surface area contributed by atoms with E-state index in [9.17, 15) is 18.0 Å². The van der Waals surface area contributed by atoms with E-state index in [-0.39, 0.29) is 17.1 Å². The Kier molecular flexibility index (Phi) is 4.38. The van der Waals surface area contributed by atoms with E-state index in [0.29, 0.717) is 39.0 Å². The van der Waals surface area contributed by atoms with Crippen molar-refractivity contribution in [3.05, 3.63) is 11.9 Å². The third-order valence-electron chi connectivity index (χ3n) is 5.07. The summed E-state index contributed by atoms with van der Waals surface area (Å²) < 4.78 is 44.8. The molecule has 25 heavy (non-hydrogen) atoms. The van der Waals surface area contributed by atoms with Crippen molar-refractivity contribution in [3.63, 3.8) is 0 Å². The molecule has 3 rings (SSSR count). The van der Waals surface area contributed by atoms with E-state index in [4.69, 9.17) is 9.84 Å². The number of amides is 1. The standard InChI is InChI=1S/C15H19F3N4O3/c1-25-12-19-8-10(11(20-12)15(16,17)18)22-7-4-14(9-22)2-5-21(6-3-14)13(23)24/h8H,2-7,9H2,1H3,(H,23,24). The van der Waals surface area contributed by atoms with Crippen molar-refractivity contribution in [2.24, 2.45) is 5.41 Å². The van der Waals surface area contributed by atoms with Gasteiger partial charge in [-0.1, -0.05) is 0 Å². The number of aromatic nitrogens is 2. The van der Waals surface area contributed by atoms with Gasteiger partial charge < -0.3 is 19.6 Å². The minimum absolute atomic E-state index is 0.0501. The molecule has 1 aromatic heterocycles. The summed E-state index contributed by atoms with van der Waals surface area (Å²) in [4.78, 5) is 21.3. The summed E-state index contributed by atoms with van der Waals surface area (Å²) >= 11 is 0. The van der Waals surface area contributed by atoms with Crippen LogP contribution in [0.1, 0.15) is 25.0 Å². The van der Waals surface area contributed by atoms with E-state index in [1.54, 1.807) is 4.90 Å². The van der Waals surface area contributed by atoms with Crippen molar-refractivity contribution in [1.82, 2.24) is 14.9 Å². The molecule has 0 saturated carbocycles. The van der Waals surface area contributed by atoms with Gasteiger partial charge in [-0.05, 0) is 24.7 Å². The maximum absolute atomic E-state index is 13.3. The van der Waals surface area contributed by atoms with Gasteiger partial charge in [0.25, 0.3) is 0 Å². The molecule has 2 aliphatic rings. The monoisotopic (exact) mass is 360 g/mol.